The smallest absolute Gasteiger partial charge is 0.242 e. The standard InChI is InChI=1S/C25H30BrClN2O2S/c1-18(25(31)28-23-8-3-2-4-9-23)29(15-20-6-5-7-21(26)14-20)24(30)17-32-16-19-10-12-22(27)13-11-19/h5-7,10-14,18,23H,2-4,8-9,15-17H2,1H3,(H,28,31). The van der Waals surface area contributed by atoms with Crippen molar-refractivity contribution >= 4 is 51.1 Å². The molecule has 1 aliphatic carbocycles. The molecule has 0 saturated heterocycles. The van der Waals surface area contributed by atoms with E-state index in [0.717, 1.165) is 47.0 Å². The molecule has 1 saturated carbocycles. The van der Waals surface area contributed by atoms with E-state index in [1.165, 1.54) is 6.42 Å². The van der Waals surface area contributed by atoms with Gasteiger partial charge in [-0.15, -0.1) is 11.8 Å². The van der Waals surface area contributed by atoms with Gasteiger partial charge in [-0.05, 0) is 55.2 Å². The Kier molecular flexibility index (Phi) is 9.94. The maximum atomic E-state index is 13.2. The van der Waals surface area contributed by atoms with Crippen molar-refractivity contribution in [2.45, 2.75) is 63.4 Å². The predicted octanol–water partition coefficient (Wildman–Crippen LogP) is 6.20. The monoisotopic (exact) mass is 536 g/mol. The Labute approximate surface area is 208 Å². The fraction of sp³-hybridized carbons (Fsp3) is 0.440. The van der Waals surface area contributed by atoms with E-state index >= 15 is 0 Å². The summed E-state index contributed by atoms with van der Waals surface area (Å²) < 4.78 is 0.957. The van der Waals surface area contributed by atoms with Crippen LogP contribution in [0.4, 0.5) is 0 Å². The molecule has 2 aromatic carbocycles. The maximum absolute atomic E-state index is 13.2. The molecule has 0 heterocycles. The number of nitrogens with one attached hydrogen (secondary N) is 1. The molecule has 7 heteroatoms. The number of carbonyl (C=O) groups is 2. The molecule has 2 aromatic rings. The zero-order valence-corrected chi connectivity index (χ0v) is 21.5. The average Bonchev–Trinajstić information content (AvgIpc) is 2.79. The highest BCUT2D eigenvalue weighted by atomic mass is 79.9. The van der Waals surface area contributed by atoms with E-state index in [4.69, 9.17) is 11.6 Å². The minimum atomic E-state index is -0.528. The summed E-state index contributed by atoms with van der Waals surface area (Å²) in [7, 11) is 0. The average molecular weight is 538 g/mol. The molecule has 1 atom stereocenters. The van der Waals surface area contributed by atoms with Crippen LogP contribution >= 0.6 is 39.3 Å². The van der Waals surface area contributed by atoms with Gasteiger partial charge in [0.05, 0.1) is 5.75 Å². The topological polar surface area (TPSA) is 49.4 Å². The van der Waals surface area contributed by atoms with Crippen LogP contribution in [0.3, 0.4) is 0 Å². The lowest BCUT2D eigenvalue weighted by molar-refractivity contribution is -0.139. The van der Waals surface area contributed by atoms with Crippen molar-refractivity contribution in [3.8, 4) is 0 Å². The summed E-state index contributed by atoms with van der Waals surface area (Å²) in [6, 6.07) is 15.2. The second-order valence-electron chi connectivity index (χ2n) is 8.29. The van der Waals surface area contributed by atoms with E-state index in [1.54, 1.807) is 16.7 Å². The van der Waals surface area contributed by atoms with Gasteiger partial charge in [-0.2, -0.15) is 0 Å². The van der Waals surface area contributed by atoms with Crippen LogP contribution in [0, 0.1) is 0 Å². The number of halogens is 2. The van der Waals surface area contributed by atoms with Crippen LogP contribution in [0.1, 0.15) is 50.2 Å². The summed E-state index contributed by atoms with van der Waals surface area (Å²) in [5, 5.41) is 3.88. The molecule has 0 spiro atoms. The van der Waals surface area contributed by atoms with Gasteiger partial charge in [0, 0.05) is 27.8 Å². The number of amides is 2. The first-order valence-electron chi connectivity index (χ1n) is 11.1. The molecule has 0 radical (unpaired) electrons. The van der Waals surface area contributed by atoms with Crippen LogP contribution in [0.2, 0.25) is 5.02 Å². The number of carbonyl (C=O) groups excluding carboxylic acids is 2. The van der Waals surface area contributed by atoms with Gasteiger partial charge in [0.2, 0.25) is 11.8 Å². The molecule has 1 unspecified atom stereocenters. The third kappa shape index (κ3) is 7.82. The molecule has 1 aliphatic rings. The number of hydrogen-bond acceptors (Lipinski definition) is 3. The van der Waals surface area contributed by atoms with E-state index in [2.05, 4.69) is 21.2 Å². The number of thioether (sulfide) groups is 1. The van der Waals surface area contributed by atoms with Crippen molar-refractivity contribution < 1.29 is 9.59 Å². The van der Waals surface area contributed by atoms with Crippen LogP contribution in [0.15, 0.2) is 53.0 Å². The Balaban J connectivity index is 1.64. The van der Waals surface area contributed by atoms with Crippen molar-refractivity contribution in [2.24, 2.45) is 0 Å². The molecule has 0 bridgehead atoms. The molecule has 1 N–H and O–H groups in total. The van der Waals surface area contributed by atoms with Crippen LogP contribution in [0.5, 0.6) is 0 Å². The Hall–Kier alpha value is -1.50. The Morgan fingerprint density at radius 2 is 1.84 bits per heavy atom. The minimum absolute atomic E-state index is 0.0322. The van der Waals surface area contributed by atoms with Gasteiger partial charge in [-0.1, -0.05) is 71.1 Å². The van der Waals surface area contributed by atoms with Gasteiger partial charge in [0.25, 0.3) is 0 Å². The van der Waals surface area contributed by atoms with Crippen LogP contribution < -0.4 is 5.32 Å². The van der Waals surface area contributed by atoms with E-state index in [-0.39, 0.29) is 17.9 Å². The summed E-state index contributed by atoms with van der Waals surface area (Å²) in [4.78, 5) is 27.9. The zero-order valence-electron chi connectivity index (χ0n) is 18.4. The maximum Gasteiger partial charge on any atom is 0.242 e. The van der Waals surface area contributed by atoms with Crippen LogP contribution in [-0.2, 0) is 21.9 Å². The molecule has 4 nitrogen and oxygen atoms in total. The third-order valence-electron chi connectivity index (χ3n) is 5.77. The van der Waals surface area contributed by atoms with Gasteiger partial charge >= 0.3 is 0 Å². The molecule has 1 fully saturated rings. The molecule has 0 aromatic heterocycles. The lowest BCUT2D eigenvalue weighted by Crippen LogP contribution is -2.50. The van der Waals surface area contributed by atoms with Crippen molar-refractivity contribution in [2.75, 3.05) is 5.75 Å². The molecule has 3 rings (SSSR count). The number of hydrogen-bond donors (Lipinski definition) is 1. The Bertz CT molecular complexity index is 903. The van der Waals surface area contributed by atoms with E-state index in [0.29, 0.717) is 17.3 Å². The Morgan fingerprint density at radius 1 is 1.12 bits per heavy atom. The third-order valence-corrected chi connectivity index (χ3v) is 7.50. The van der Waals surface area contributed by atoms with Crippen LogP contribution in [-0.4, -0.2) is 34.6 Å². The Morgan fingerprint density at radius 3 is 2.53 bits per heavy atom. The van der Waals surface area contributed by atoms with Gasteiger partial charge < -0.3 is 10.2 Å². The molecule has 0 aliphatic heterocycles. The largest absolute Gasteiger partial charge is 0.352 e. The van der Waals surface area contributed by atoms with Gasteiger partial charge in [0.15, 0.2) is 0 Å². The quantitative estimate of drug-likeness (QED) is 0.414. The van der Waals surface area contributed by atoms with Crippen molar-refractivity contribution in [1.29, 1.82) is 0 Å². The SMILES string of the molecule is CC(C(=O)NC1CCCCC1)N(Cc1cccc(Br)c1)C(=O)CSCc1ccc(Cl)cc1. The summed E-state index contributed by atoms with van der Waals surface area (Å²) in [5.74, 6) is 0.937. The van der Waals surface area contributed by atoms with Crippen molar-refractivity contribution in [3.63, 3.8) is 0 Å². The molecule has 32 heavy (non-hydrogen) atoms. The lowest BCUT2D eigenvalue weighted by Gasteiger charge is -2.31. The lowest BCUT2D eigenvalue weighted by atomic mass is 9.95. The molecule has 2 amide bonds. The first kappa shape index (κ1) is 25.1. The number of nitrogens with zero attached hydrogens (tertiary/aromatic N) is 1. The summed E-state index contributed by atoms with van der Waals surface area (Å²) >= 11 is 11.0. The van der Waals surface area contributed by atoms with Gasteiger partial charge in [0.1, 0.15) is 6.04 Å². The predicted molar refractivity (Wildman–Crippen MR) is 137 cm³/mol. The van der Waals surface area contributed by atoms with E-state index in [9.17, 15) is 9.59 Å². The molecule has 172 valence electrons. The normalized spacial score (nSPS) is 15.2. The zero-order chi connectivity index (χ0) is 22.9. The first-order chi connectivity index (χ1) is 15.4. The minimum Gasteiger partial charge on any atom is -0.352 e. The molecular weight excluding hydrogens is 508 g/mol. The van der Waals surface area contributed by atoms with Crippen molar-refractivity contribution in [1.82, 2.24) is 10.2 Å². The van der Waals surface area contributed by atoms with E-state index < -0.39 is 6.04 Å². The fourth-order valence-electron chi connectivity index (χ4n) is 3.90. The summed E-state index contributed by atoms with van der Waals surface area (Å²) in [6.07, 6.45) is 5.59. The van der Waals surface area contributed by atoms with E-state index in [1.807, 2.05) is 55.5 Å². The summed E-state index contributed by atoms with van der Waals surface area (Å²) in [5.41, 5.74) is 2.11. The van der Waals surface area contributed by atoms with Crippen LogP contribution in [0.25, 0.3) is 0 Å². The molecular formula is C25H30BrClN2O2S. The second-order valence-corrected chi connectivity index (χ2v) is 10.6. The first-order valence-corrected chi connectivity index (χ1v) is 13.4. The highest BCUT2D eigenvalue weighted by Gasteiger charge is 2.28. The fourth-order valence-corrected chi connectivity index (χ4v) is 5.35. The van der Waals surface area contributed by atoms with Gasteiger partial charge in [-0.3, -0.25) is 9.59 Å². The highest BCUT2D eigenvalue weighted by molar-refractivity contribution is 9.10. The second kappa shape index (κ2) is 12.7. The van der Waals surface area contributed by atoms with Crippen molar-refractivity contribution in [3.05, 3.63) is 69.2 Å². The number of benzene rings is 2. The summed E-state index contributed by atoms with van der Waals surface area (Å²) in [6.45, 7) is 2.23. The van der Waals surface area contributed by atoms with Gasteiger partial charge in [-0.25, -0.2) is 0 Å². The highest BCUT2D eigenvalue weighted by Crippen LogP contribution is 2.21. The number of rotatable bonds is 9.